The maximum atomic E-state index is 14.3. The van der Waals surface area contributed by atoms with E-state index in [0.29, 0.717) is 17.0 Å². The van der Waals surface area contributed by atoms with Gasteiger partial charge >= 0.3 is 0 Å². The fraction of sp³-hybridized carbons (Fsp3) is 0.208. The Bertz CT molecular complexity index is 1400. The first-order valence-corrected chi connectivity index (χ1v) is 10.3. The third-order valence-corrected chi connectivity index (χ3v) is 5.66. The largest absolute Gasteiger partial charge is 0.378 e. The molecule has 0 aliphatic rings. The van der Waals surface area contributed by atoms with Gasteiger partial charge in [0.25, 0.3) is 11.5 Å². The minimum absolute atomic E-state index is 0.0463. The maximum absolute atomic E-state index is 14.3. The number of nitrogens with zero attached hydrogens (tertiary/aromatic N) is 4. The number of halogens is 1. The van der Waals surface area contributed by atoms with Crippen molar-refractivity contribution in [1.82, 2.24) is 14.5 Å². The topological polar surface area (TPSA) is 85.3 Å². The second kappa shape index (κ2) is 8.42. The van der Waals surface area contributed by atoms with Crippen LogP contribution in [0.3, 0.4) is 0 Å². The van der Waals surface area contributed by atoms with Gasteiger partial charge in [-0.3, -0.25) is 14.3 Å². The van der Waals surface area contributed by atoms with E-state index in [2.05, 4.69) is 10.5 Å². The fourth-order valence-corrected chi connectivity index (χ4v) is 3.65. The third-order valence-electron chi connectivity index (χ3n) is 5.66. The van der Waals surface area contributed by atoms with Gasteiger partial charge in [-0.25, -0.2) is 9.07 Å². The average Bonchev–Trinajstić information content (AvgIpc) is 3.27. The molecule has 9 heteroatoms. The molecule has 1 amide bonds. The average molecular weight is 449 g/mol. The molecule has 170 valence electrons. The van der Waals surface area contributed by atoms with Gasteiger partial charge in [-0.1, -0.05) is 17.3 Å². The summed E-state index contributed by atoms with van der Waals surface area (Å²) in [6.07, 6.45) is 0. The van der Waals surface area contributed by atoms with Crippen molar-refractivity contribution in [2.24, 2.45) is 7.05 Å². The predicted octanol–water partition coefficient (Wildman–Crippen LogP) is 3.91. The van der Waals surface area contributed by atoms with Crippen LogP contribution >= 0.6 is 0 Å². The monoisotopic (exact) mass is 449 g/mol. The lowest BCUT2D eigenvalue weighted by Gasteiger charge is -2.12. The van der Waals surface area contributed by atoms with E-state index in [4.69, 9.17) is 4.52 Å². The molecule has 0 bridgehead atoms. The van der Waals surface area contributed by atoms with E-state index in [9.17, 15) is 14.0 Å². The highest BCUT2D eigenvalue weighted by Crippen LogP contribution is 2.28. The number of nitrogens with one attached hydrogen (secondary N) is 1. The van der Waals surface area contributed by atoms with Crippen molar-refractivity contribution in [2.45, 2.75) is 13.8 Å². The molecule has 0 aliphatic carbocycles. The number of amides is 1. The zero-order valence-electron chi connectivity index (χ0n) is 19.0. The van der Waals surface area contributed by atoms with Crippen LogP contribution in [0.1, 0.15) is 21.7 Å². The Hall–Kier alpha value is -4.14. The van der Waals surface area contributed by atoms with E-state index in [0.717, 1.165) is 11.3 Å². The molecule has 2 heterocycles. The quantitative estimate of drug-likeness (QED) is 0.499. The van der Waals surface area contributed by atoms with Crippen LogP contribution in [0.4, 0.5) is 15.8 Å². The Morgan fingerprint density at radius 2 is 1.76 bits per heavy atom. The standard InChI is InChI=1S/C24H24FN5O3/c1-14-20(27-33-22(14)16-10-12-17(13-11-16)28(3)4)23(31)26-21-15(2)29(5)30(24(21)32)19-9-7-6-8-18(19)25/h6-13H,1-5H3,(H,26,31). The summed E-state index contributed by atoms with van der Waals surface area (Å²) in [6.45, 7) is 3.40. The van der Waals surface area contributed by atoms with Crippen molar-refractivity contribution in [3.05, 3.63) is 81.7 Å². The minimum atomic E-state index is -0.584. The van der Waals surface area contributed by atoms with Crippen LogP contribution in [-0.2, 0) is 7.05 Å². The van der Waals surface area contributed by atoms with Crippen molar-refractivity contribution in [2.75, 3.05) is 24.3 Å². The first-order chi connectivity index (χ1) is 15.7. The molecule has 0 saturated carbocycles. The third kappa shape index (κ3) is 3.82. The second-order valence-electron chi connectivity index (χ2n) is 7.93. The smallest absolute Gasteiger partial charge is 0.295 e. The first kappa shape index (κ1) is 22.1. The SMILES string of the molecule is Cc1c(C(=O)Nc2c(C)n(C)n(-c3ccccc3F)c2=O)noc1-c1ccc(N(C)C)cc1. The lowest BCUT2D eigenvalue weighted by molar-refractivity contribution is 0.101. The summed E-state index contributed by atoms with van der Waals surface area (Å²) in [4.78, 5) is 28.0. The molecular formula is C24H24FN5O3. The molecule has 0 fully saturated rings. The molecule has 33 heavy (non-hydrogen) atoms. The molecule has 4 rings (SSSR count). The predicted molar refractivity (Wildman–Crippen MR) is 125 cm³/mol. The molecule has 0 atom stereocenters. The summed E-state index contributed by atoms with van der Waals surface area (Å²) >= 11 is 0. The van der Waals surface area contributed by atoms with Crippen LogP contribution in [0.5, 0.6) is 0 Å². The summed E-state index contributed by atoms with van der Waals surface area (Å²) in [6, 6.07) is 13.6. The normalized spacial score (nSPS) is 11.0. The van der Waals surface area contributed by atoms with Crippen LogP contribution in [0.2, 0.25) is 0 Å². The molecule has 1 N–H and O–H groups in total. The molecule has 8 nitrogen and oxygen atoms in total. The van der Waals surface area contributed by atoms with Crippen LogP contribution in [0, 0.1) is 19.7 Å². The number of aromatic nitrogens is 3. The number of rotatable bonds is 5. The molecule has 0 radical (unpaired) electrons. The number of carbonyl (C=O) groups excluding carboxylic acids is 1. The Balaban J connectivity index is 1.66. The highest BCUT2D eigenvalue weighted by Gasteiger charge is 2.24. The fourth-order valence-electron chi connectivity index (χ4n) is 3.65. The van der Waals surface area contributed by atoms with E-state index in [-0.39, 0.29) is 17.1 Å². The highest BCUT2D eigenvalue weighted by atomic mass is 19.1. The first-order valence-electron chi connectivity index (χ1n) is 10.3. The lowest BCUT2D eigenvalue weighted by Crippen LogP contribution is -2.24. The van der Waals surface area contributed by atoms with Gasteiger partial charge in [-0.05, 0) is 50.2 Å². The summed E-state index contributed by atoms with van der Waals surface area (Å²) in [5, 5.41) is 6.56. The van der Waals surface area contributed by atoms with Gasteiger partial charge in [0, 0.05) is 38.0 Å². The zero-order chi connectivity index (χ0) is 23.9. The summed E-state index contributed by atoms with van der Waals surface area (Å²) in [7, 11) is 5.52. The molecular weight excluding hydrogens is 425 g/mol. The van der Waals surface area contributed by atoms with Gasteiger partial charge in [-0.2, -0.15) is 0 Å². The number of carbonyl (C=O) groups is 1. The highest BCUT2D eigenvalue weighted by molar-refractivity contribution is 6.04. The molecule has 2 aromatic heterocycles. The molecule has 2 aromatic carbocycles. The maximum Gasteiger partial charge on any atom is 0.295 e. The van der Waals surface area contributed by atoms with Crippen molar-refractivity contribution < 1.29 is 13.7 Å². The Labute approximate surface area is 189 Å². The Kier molecular flexibility index (Phi) is 5.63. The van der Waals surface area contributed by atoms with E-state index in [1.54, 1.807) is 33.0 Å². The summed E-state index contributed by atoms with van der Waals surface area (Å²) in [5.41, 5.74) is 2.49. The molecule has 4 aromatic rings. The van der Waals surface area contributed by atoms with Gasteiger partial charge in [0.05, 0.1) is 5.69 Å². The van der Waals surface area contributed by atoms with Crippen molar-refractivity contribution >= 4 is 17.3 Å². The van der Waals surface area contributed by atoms with E-state index in [1.807, 2.05) is 43.3 Å². The van der Waals surface area contributed by atoms with Gasteiger partial charge < -0.3 is 14.7 Å². The number of hydrogen-bond donors (Lipinski definition) is 1. The van der Waals surface area contributed by atoms with Crippen molar-refractivity contribution in [1.29, 1.82) is 0 Å². The van der Waals surface area contributed by atoms with Crippen molar-refractivity contribution in [3.8, 4) is 17.0 Å². The number of hydrogen-bond acceptors (Lipinski definition) is 5. The second-order valence-corrected chi connectivity index (χ2v) is 7.93. The van der Waals surface area contributed by atoms with Gasteiger partial charge in [-0.15, -0.1) is 0 Å². The number of benzene rings is 2. The van der Waals surface area contributed by atoms with Gasteiger partial charge in [0.2, 0.25) is 0 Å². The van der Waals surface area contributed by atoms with Gasteiger partial charge in [0.1, 0.15) is 17.2 Å². The van der Waals surface area contributed by atoms with Crippen molar-refractivity contribution in [3.63, 3.8) is 0 Å². The van der Waals surface area contributed by atoms with Crippen LogP contribution < -0.4 is 15.8 Å². The molecule has 0 saturated heterocycles. The summed E-state index contributed by atoms with van der Waals surface area (Å²) in [5.74, 6) is -0.659. The minimum Gasteiger partial charge on any atom is -0.378 e. The lowest BCUT2D eigenvalue weighted by atomic mass is 10.1. The number of anilines is 2. The zero-order valence-corrected chi connectivity index (χ0v) is 19.0. The molecule has 0 unspecified atom stereocenters. The van der Waals surface area contributed by atoms with Crippen LogP contribution in [0.15, 0.2) is 57.8 Å². The Morgan fingerprint density at radius 3 is 2.39 bits per heavy atom. The van der Waals surface area contributed by atoms with Crippen LogP contribution in [-0.4, -0.2) is 34.5 Å². The van der Waals surface area contributed by atoms with E-state index in [1.165, 1.54) is 21.5 Å². The summed E-state index contributed by atoms with van der Waals surface area (Å²) < 4.78 is 22.4. The van der Waals surface area contributed by atoms with E-state index < -0.39 is 17.3 Å². The van der Waals surface area contributed by atoms with E-state index >= 15 is 0 Å². The van der Waals surface area contributed by atoms with Crippen LogP contribution in [0.25, 0.3) is 17.0 Å². The van der Waals surface area contributed by atoms with Gasteiger partial charge in [0.15, 0.2) is 11.5 Å². The molecule has 0 aliphatic heterocycles. The Morgan fingerprint density at radius 1 is 1.09 bits per heavy atom. The number of para-hydroxylation sites is 1. The molecule has 0 spiro atoms.